The maximum absolute atomic E-state index is 5.61. The Bertz CT molecular complexity index is 512. The molecule has 6 nitrogen and oxygen atoms in total. The highest BCUT2D eigenvalue weighted by atomic mass is 15.2. The van der Waals surface area contributed by atoms with E-state index >= 15 is 0 Å². The monoisotopic (exact) mass is 204 g/mol. The zero-order chi connectivity index (χ0) is 10.5. The highest BCUT2D eigenvalue weighted by Crippen LogP contribution is 2.38. The van der Waals surface area contributed by atoms with E-state index in [1.54, 1.807) is 6.20 Å². The molecule has 3 rings (SSSR count). The van der Waals surface area contributed by atoms with Crippen molar-refractivity contribution in [3.05, 3.63) is 6.20 Å². The Balaban J connectivity index is 2.11. The second-order valence-corrected chi connectivity index (χ2v) is 4.25. The summed E-state index contributed by atoms with van der Waals surface area (Å²) in [4.78, 5) is 8.25. The lowest BCUT2D eigenvalue weighted by molar-refractivity contribution is 0.823. The first-order valence-electron chi connectivity index (χ1n) is 4.91. The molecule has 4 N–H and O–H groups in total. The van der Waals surface area contributed by atoms with Gasteiger partial charge in [-0.1, -0.05) is 0 Å². The fourth-order valence-electron chi connectivity index (χ4n) is 1.55. The number of nitrogens with one attached hydrogen (secondary N) is 2. The molecule has 0 bridgehead atoms. The molecule has 15 heavy (non-hydrogen) atoms. The normalized spacial score (nSPS) is 17.9. The van der Waals surface area contributed by atoms with E-state index in [1.165, 1.54) is 0 Å². The van der Waals surface area contributed by atoms with Crippen molar-refractivity contribution < 1.29 is 0 Å². The molecule has 1 saturated carbocycles. The first-order chi connectivity index (χ1) is 7.16. The van der Waals surface area contributed by atoms with Crippen LogP contribution in [-0.4, -0.2) is 25.7 Å². The van der Waals surface area contributed by atoms with Gasteiger partial charge in [0, 0.05) is 5.54 Å². The number of rotatable bonds is 2. The average molecular weight is 204 g/mol. The lowest BCUT2D eigenvalue weighted by Crippen LogP contribution is -2.17. The van der Waals surface area contributed by atoms with E-state index in [4.69, 9.17) is 5.73 Å². The first kappa shape index (κ1) is 8.46. The molecule has 6 heteroatoms. The lowest BCUT2D eigenvalue weighted by atomic mass is 10.3. The molecule has 0 aliphatic heterocycles. The molecule has 0 atom stereocenters. The largest absolute Gasteiger partial charge is 0.368 e. The molecule has 2 aromatic rings. The van der Waals surface area contributed by atoms with Gasteiger partial charge in [0.15, 0.2) is 5.65 Å². The zero-order valence-corrected chi connectivity index (χ0v) is 8.41. The van der Waals surface area contributed by atoms with Crippen molar-refractivity contribution in [3.8, 4) is 0 Å². The molecule has 1 fully saturated rings. The summed E-state index contributed by atoms with van der Waals surface area (Å²) in [6.45, 7) is 2.16. The van der Waals surface area contributed by atoms with Crippen molar-refractivity contribution in [2.24, 2.45) is 0 Å². The number of hydrogen-bond acceptors (Lipinski definition) is 5. The number of H-pyrrole nitrogens is 1. The maximum atomic E-state index is 5.61. The minimum absolute atomic E-state index is 0.172. The minimum atomic E-state index is 0.172. The Labute approximate surface area is 86.3 Å². The van der Waals surface area contributed by atoms with Crippen LogP contribution in [0.2, 0.25) is 0 Å². The molecule has 0 saturated heterocycles. The van der Waals surface area contributed by atoms with Crippen molar-refractivity contribution >= 4 is 22.8 Å². The van der Waals surface area contributed by atoms with E-state index in [2.05, 4.69) is 32.4 Å². The third-order valence-corrected chi connectivity index (χ3v) is 2.75. The van der Waals surface area contributed by atoms with Crippen LogP contribution in [0.5, 0.6) is 0 Å². The summed E-state index contributed by atoms with van der Waals surface area (Å²) in [5.41, 5.74) is 6.46. The molecule has 0 unspecified atom stereocenters. The Hall–Kier alpha value is -1.85. The summed E-state index contributed by atoms with van der Waals surface area (Å²) in [5.74, 6) is 1.03. The van der Waals surface area contributed by atoms with Crippen LogP contribution >= 0.6 is 0 Å². The Morgan fingerprint density at radius 3 is 3.00 bits per heavy atom. The van der Waals surface area contributed by atoms with Crippen LogP contribution in [0.1, 0.15) is 19.8 Å². The first-order valence-corrected chi connectivity index (χ1v) is 4.91. The lowest BCUT2D eigenvalue weighted by Gasteiger charge is -2.12. The van der Waals surface area contributed by atoms with Gasteiger partial charge in [-0.15, -0.1) is 0 Å². The Morgan fingerprint density at radius 2 is 2.27 bits per heavy atom. The number of aromatic amines is 1. The third-order valence-electron chi connectivity index (χ3n) is 2.75. The molecule has 0 aromatic carbocycles. The van der Waals surface area contributed by atoms with Gasteiger partial charge >= 0.3 is 0 Å². The number of nitrogens with two attached hydrogens (primary N) is 1. The summed E-state index contributed by atoms with van der Waals surface area (Å²) < 4.78 is 0. The fraction of sp³-hybridized carbons (Fsp3) is 0.444. The van der Waals surface area contributed by atoms with Gasteiger partial charge in [-0.25, -0.2) is 0 Å². The Morgan fingerprint density at radius 1 is 1.47 bits per heavy atom. The second kappa shape index (κ2) is 2.59. The topological polar surface area (TPSA) is 92.5 Å². The molecular weight excluding hydrogens is 192 g/mol. The van der Waals surface area contributed by atoms with Gasteiger partial charge in [0.1, 0.15) is 5.82 Å². The van der Waals surface area contributed by atoms with Crippen molar-refractivity contribution in [1.29, 1.82) is 0 Å². The minimum Gasteiger partial charge on any atom is -0.368 e. The van der Waals surface area contributed by atoms with Gasteiger partial charge in [0.25, 0.3) is 0 Å². The zero-order valence-electron chi connectivity index (χ0n) is 8.41. The smallest absolute Gasteiger partial charge is 0.224 e. The van der Waals surface area contributed by atoms with Gasteiger partial charge in [-0.2, -0.15) is 15.1 Å². The molecule has 0 spiro atoms. The highest BCUT2D eigenvalue weighted by molar-refractivity contribution is 5.87. The maximum Gasteiger partial charge on any atom is 0.224 e. The van der Waals surface area contributed by atoms with Crippen molar-refractivity contribution in [3.63, 3.8) is 0 Å². The van der Waals surface area contributed by atoms with E-state index in [0.29, 0.717) is 5.65 Å². The van der Waals surface area contributed by atoms with E-state index in [0.717, 1.165) is 24.0 Å². The van der Waals surface area contributed by atoms with E-state index in [9.17, 15) is 0 Å². The summed E-state index contributed by atoms with van der Waals surface area (Å²) in [5, 5.41) is 11.0. The number of nitrogens with zero attached hydrogens (tertiary/aromatic N) is 3. The van der Waals surface area contributed by atoms with Crippen LogP contribution in [0.3, 0.4) is 0 Å². The Kier molecular flexibility index (Phi) is 1.46. The molecule has 78 valence electrons. The predicted molar refractivity (Wildman–Crippen MR) is 57.4 cm³/mol. The van der Waals surface area contributed by atoms with Crippen LogP contribution in [-0.2, 0) is 0 Å². The van der Waals surface area contributed by atoms with Crippen molar-refractivity contribution in [2.45, 2.75) is 25.3 Å². The van der Waals surface area contributed by atoms with Gasteiger partial charge < -0.3 is 11.1 Å². The number of anilines is 2. The molecule has 1 aliphatic rings. The number of aromatic nitrogens is 4. The van der Waals surface area contributed by atoms with E-state index in [-0.39, 0.29) is 11.5 Å². The van der Waals surface area contributed by atoms with Gasteiger partial charge in [0.2, 0.25) is 5.95 Å². The predicted octanol–water partition coefficient (Wildman–Crippen LogP) is 0.899. The van der Waals surface area contributed by atoms with E-state index < -0.39 is 0 Å². The molecule has 1 aliphatic carbocycles. The van der Waals surface area contributed by atoms with Crippen LogP contribution < -0.4 is 11.1 Å². The molecule has 2 aromatic heterocycles. The van der Waals surface area contributed by atoms with Crippen LogP contribution in [0.15, 0.2) is 6.20 Å². The summed E-state index contributed by atoms with van der Waals surface area (Å²) >= 11 is 0. The fourth-order valence-corrected chi connectivity index (χ4v) is 1.55. The van der Waals surface area contributed by atoms with Crippen LogP contribution in [0.4, 0.5) is 11.8 Å². The van der Waals surface area contributed by atoms with E-state index in [1.807, 2.05) is 0 Å². The summed E-state index contributed by atoms with van der Waals surface area (Å²) in [6, 6.07) is 0. The van der Waals surface area contributed by atoms with Gasteiger partial charge in [-0.3, -0.25) is 5.10 Å². The van der Waals surface area contributed by atoms with Crippen LogP contribution in [0.25, 0.3) is 11.0 Å². The SMILES string of the molecule is CC1(Nc2nc(N)nc3[nH]ncc23)CC1. The summed E-state index contributed by atoms with van der Waals surface area (Å²) in [7, 11) is 0. The molecule has 0 amide bonds. The van der Waals surface area contributed by atoms with Crippen molar-refractivity contribution in [1.82, 2.24) is 20.2 Å². The van der Waals surface area contributed by atoms with Crippen LogP contribution in [0, 0.1) is 0 Å². The molecule has 2 heterocycles. The average Bonchev–Trinajstić information content (AvgIpc) is 2.73. The quantitative estimate of drug-likeness (QED) is 0.675. The standard InChI is InChI=1S/C9H12N6/c1-9(2-3-9)14-6-5-4-11-15-7(5)13-8(10)12-6/h4H,2-3H2,1H3,(H4,10,11,12,13,14,15). The number of nitrogen functional groups attached to an aromatic ring is 1. The number of hydrogen-bond donors (Lipinski definition) is 3. The number of fused-ring (bicyclic) bond motifs is 1. The molecular formula is C9H12N6. The second-order valence-electron chi connectivity index (χ2n) is 4.25. The highest BCUT2D eigenvalue weighted by Gasteiger charge is 2.38. The third kappa shape index (κ3) is 1.38. The molecule has 0 radical (unpaired) electrons. The van der Waals surface area contributed by atoms with Gasteiger partial charge in [-0.05, 0) is 19.8 Å². The van der Waals surface area contributed by atoms with Crippen molar-refractivity contribution in [2.75, 3.05) is 11.1 Å². The summed E-state index contributed by atoms with van der Waals surface area (Å²) in [6.07, 6.45) is 4.04. The van der Waals surface area contributed by atoms with Gasteiger partial charge in [0.05, 0.1) is 11.6 Å².